The van der Waals surface area contributed by atoms with Crippen molar-refractivity contribution in [3.05, 3.63) is 70.1 Å². The first-order chi connectivity index (χ1) is 15.9. The lowest BCUT2D eigenvalue weighted by molar-refractivity contribution is -0.122. The lowest BCUT2D eigenvalue weighted by atomic mass is 10.1. The predicted molar refractivity (Wildman–Crippen MR) is 136 cm³/mol. The summed E-state index contributed by atoms with van der Waals surface area (Å²) in [7, 11) is 0. The van der Waals surface area contributed by atoms with E-state index in [4.69, 9.17) is 17.0 Å². The number of thioether (sulfide) groups is 1. The monoisotopic (exact) mass is 482 g/mol. The molecule has 3 rings (SSSR count). The average Bonchev–Trinajstić information content (AvgIpc) is 3.06. The topological polar surface area (TPSA) is 75.7 Å². The van der Waals surface area contributed by atoms with Crippen LogP contribution in [0.3, 0.4) is 0 Å². The molecule has 2 aromatic rings. The van der Waals surface area contributed by atoms with E-state index in [1.807, 2.05) is 44.2 Å². The van der Waals surface area contributed by atoms with Gasteiger partial charge >= 0.3 is 5.97 Å². The summed E-state index contributed by atoms with van der Waals surface area (Å²) in [5, 5.41) is 2.78. The smallest absolute Gasteiger partial charge is 0.338 e. The third-order valence-corrected chi connectivity index (χ3v) is 6.32. The van der Waals surface area contributed by atoms with Gasteiger partial charge in [0.15, 0.2) is 0 Å². The van der Waals surface area contributed by atoms with Gasteiger partial charge in [-0.05, 0) is 49.2 Å². The van der Waals surface area contributed by atoms with E-state index in [0.29, 0.717) is 27.1 Å². The molecule has 1 fully saturated rings. The maximum atomic E-state index is 12.7. The van der Waals surface area contributed by atoms with E-state index in [1.54, 1.807) is 24.3 Å². The van der Waals surface area contributed by atoms with Gasteiger partial charge in [0.25, 0.3) is 5.91 Å². The van der Waals surface area contributed by atoms with Gasteiger partial charge in [-0.25, -0.2) is 4.79 Å². The van der Waals surface area contributed by atoms with Crippen molar-refractivity contribution >= 4 is 57.8 Å². The highest BCUT2D eigenvalue weighted by atomic mass is 32.2. The summed E-state index contributed by atoms with van der Waals surface area (Å²) in [5.41, 5.74) is 3.07. The molecule has 0 aliphatic carbocycles. The number of amides is 2. The average molecular weight is 483 g/mol. The second kappa shape index (κ2) is 11.8. The Morgan fingerprint density at radius 2 is 1.82 bits per heavy atom. The van der Waals surface area contributed by atoms with Crippen molar-refractivity contribution in [3.8, 4) is 0 Å². The zero-order chi connectivity index (χ0) is 23.8. The summed E-state index contributed by atoms with van der Waals surface area (Å²) in [5.74, 6) is -0.816. The molecule has 2 amide bonds. The van der Waals surface area contributed by atoms with Crippen molar-refractivity contribution in [3.63, 3.8) is 0 Å². The summed E-state index contributed by atoms with van der Waals surface area (Å²) in [6.07, 6.45) is 3.69. The number of hydrogen-bond acceptors (Lipinski definition) is 6. The largest absolute Gasteiger partial charge is 0.462 e. The van der Waals surface area contributed by atoms with Crippen molar-refractivity contribution in [1.82, 2.24) is 4.90 Å². The van der Waals surface area contributed by atoms with Crippen molar-refractivity contribution in [2.75, 3.05) is 18.5 Å². The van der Waals surface area contributed by atoms with Crippen LogP contribution < -0.4 is 5.32 Å². The number of esters is 1. The molecule has 1 aliphatic heterocycles. The number of thiocarbonyl (C=S) groups is 1. The number of nitrogens with one attached hydrogen (secondary N) is 1. The van der Waals surface area contributed by atoms with Crippen molar-refractivity contribution in [2.45, 2.75) is 33.1 Å². The Hall–Kier alpha value is -2.97. The number of anilines is 1. The normalized spacial score (nSPS) is 14.6. The van der Waals surface area contributed by atoms with E-state index >= 15 is 0 Å². The SMILES string of the molecule is CCCCOC(=O)c1ccc(NC(=O)CCN2C(=O)/C(=C/c3ccc(C)cc3)SC2=S)cc1. The molecule has 8 heteroatoms. The Labute approximate surface area is 203 Å². The summed E-state index contributed by atoms with van der Waals surface area (Å²) < 4.78 is 5.62. The summed E-state index contributed by atoms with van der Waals surface area (Å²) in [6, 6.07) is 14.4. The Balaban J connectivity index is 1.51. The lowest BCUT2D eigenvalue weighted by Crippen LogP contribution is -2.31. The van der Waals surface area contributed by atoms with Crippen molar-refractivity contribution in [1.29, 1.82) is 0 Å². The van der Waals surface area contributed by atoms with Gasteiger partial charge in [0.05, 0.1) is 17.1 Å². The van der Waals surface area contributed by atoms with Crippen LogP contribution in [-0.4, -0.2) is 40.2 Å². The molecule has 0 bridgehead atoms. The molecule has 0 radical (unpaired) electrons. The van der Waals surface area contributed by atoms with Crippen LogP contribution in [0, 0.1) is 6.92 Å². The summed E-state index contributed by atoms with van der Waals surface area (Å²) in [6.45, 7) is 4.62. The number of aryl methyl sites for hydroxylation is 1. The van der Waals surface area contributed by atoms with Crippen LogP contribution in [0.15, 0.2) is 53.4 Å². The van der Waals surface area contributed by atoms with Gasteiger partial charge in [0, 0.05) is 18.7 Å². The minimum Gasteiger partial charge on any atom is -0.462 e. The number of nitrogens with zero attached hydrogens (tertiary/aromatic N) is 1. The molecule has 2 aromatic carbocycles. The number of hydrogen-bond donors (Lipinski definition) is 1. The van der Waals surface area contributed by atoms with Gasteiger partial charge in [-0.3, -0.25) is 14.5 Å². The highest BCUT2D eigenvalue weighted by molar-refractivity contribution is 8.26. The standard InChI is InChI=1S/C25H26N2O4S2/c1-3-4-15-31-24(30)19-9-11-20(12-10-19)26-22(28)13-14-27-23(29)21(33-25(27)32)16-18-7-5-17(2)6-8-18/h5-12,16H,3-4,13-15H2,1-2H3,(H,26,28)/b21-16-. The third kappa shape index (κ3) is 7.00. The van der Waals surface area contributed by atoms with Gasteiger partial charge in [-0.1, -0.05) is 67.2 Å². The number of carbonyl (C=O) groups is 3. The molecular weight excluding hydrogens is 456 g/mol. The third-order valence-electron chi connectivity index (χ3n) is 4.95. The molecule has 1 aliphatic rings. The van der Waals surface area contributed by atoms with Crippen LogP contribution in [0.25, 0.3) is 6.08 Å². The molecule has 0 atom stereocenters. The van der Waals surface area contributed by atoms with E-state index in [-0.39, 0.29) is 30.7 Å². The molecule has 172 valence electrons. The van der Waals surface area contributed by atoms with E-state index in [1.165, 1.54) is 16.7 Å². The van der Waals surface area contributed by atoms with Crippen LogP contribution >= 0.6 is 24.0 Å². The fourth-order valence-corrected chi connectivity index (χ4v) is 4.33. The first-order valence-electron chi connectivity index (χ1n) is 10.8. The zero-order valence-electron chi connectivity index (χ0n) is 18.6. The number of carbonyl (C=O) groups excluding carboxylic acids is 3. The molecule has 0 aromatic heterocycles. The van der Waals surface area contributed by atoms with Gasteiger partial charge < -0.3 is 10.1 Å². The molecule has 0 spiro atoms. The molecule has 1 N–H and O–H groups in total. The highest BCUT2D eigenvalue weighted by Gasteiger charge is 2.32. The Morgan fingerprint density at radius 3 is 2.48 bits per heavy atom. The summed E-state index contributed by atoms with van der Waals surface area (Å²) in [4.78, 5) is 39.1. The first kappa shape index (κ1) is 24.7. The number of ether oxygens (including phenoxy) is 1. The van der Waals surface area contributed by atoms with Gasteiger partial charge in [-0.2, -0.15) is 0 Å². The number of rotatable bonds is 9. The molecule has 0 saturated carbocycles. The first-order valence-corrected chi connectivity index (χ1v) is 12.0. The molecule has 6 nitrogen and oxygen atoms in total. The van der Waals surface area contributed by atoms with Crippen LogP contribution in [0.1, 0.15) is 47.7 Å². The van der Waals surface area contributed by atoms with E-state index in [9.17, 15) is 14.4 Å². The Kier molecular flexibility index (Phi) is 8.79. The molecule has 1 saturated heterocycles. The van der Waals surface area contributed by atoms with Crippen LogP contribution in [0.2, 0.25) is 0 Å². The fraction of sp³-hybridized carbons (Fsp3) is 0.280. The summed E-state index contributed by atoms with van der Waals surface area (Å²) >= 11 is 6.58. The quantitative estimate of drug-likeness (QED) is 0.230. The second-order valence-electron chi connectivity index (χ2n) is 7.61. The molecule has 0 unspecified atom stereocenters. The van der Waals surface area contributed by atoms with E-state index < -0.39 is 0 Å². The van der Waals surface area contributed by atoms with Crippen molar-refractivity contribution < 1.29 is 19.1 Å². The van der Waals surface area contributed by atoms with Crippen LogP contribution in [-0.2, 0) is 14.3 Å². The van der Waals surface area contributed by atoms with Crippen LogP contribution in [0.5, 0.6) is 0 Å². The van der Waals surface area contributed by atoms with Crippen LogP contribution in [0.4, 0.5) is 5.69 Å². The van der Waals surface area contributed by atoms with Gasteiger partial charge in [0.1, 0.15) is 4.32 Å². The second-order valence-corrected chi connectivity index (χ2v) is 9.28. The van der Waals surface area contributed by atoms with Gasteiger partial charge in [0.2, 0.25) is 5.91 Å². The van der Waals surface area contributed by atoms with E-state index in [0.717, 1.165) is 24.0 Å². The lowest BCUT2D eigenvalue weighted by Gasteiger charge is -2.14. The Morgan fingerprint density at radius 1 is 1.12 bits per heavy atom. The molecule has 33 heavy (non-hydrogen) atoms. The predicted octanol–water partition coefficient (Wildman–Crippen LogP) is 5.18. The Bertz CT molecular complexity index is 1060. The minimum absolute atomic E-state index is 0.102. The zero-order valence-corrected chi connectivity index (χ0v) is 20.3. The maximum Gasteiger partial charge on any atom is 0.338 e. The maximum absolute atomic E-state index is 12.7. The molecule has 1 heterocycles. The van der Waals surface area contributed by atoms with E-state index in [2.05, 4.69) is 5.32 Å². The minimum atomic E-state index is -0.380. The fourth-order valence-electron chi connectivity index (χ4n) is 3.03. The highest BCUT2D eigenvalue weighted by Crippen LogP contribution is 2.32. The molecular formula is C25H26N2O4S2. The van der Waals surface area contributed by atoms with Gasteiger partial charge in [-0.15, -0.1) is 0 Å². The number of unbranched alkanes of at least 4 members (excludes halogenated alkanes) is 1. The number of benzene rings is 2. The van der Waals surface area contributed by atoms with Crippen molar-refractivity contribution in [2.24, 2.45) is 0 Å².